The van der Waals surface area contributed by atoms with Crippen molar-refractivity contribution in [2.45, 2.75) is 6.10 Å². The maximum absolute atomic E-state index is 7.77. The quantitative estimate of drug-likeness (QED) is 0.0795. The number of rotatable bonds is 13. The molecular weight excluding hydrogens is 1380 g/mol. The average molecular weight is 1450 g/mol. The monoisotopic (exact) mass is 1440 g/mol. The third-order valence-electron chi connectivity index (χ3n) is 13.0. The first-order valence-corrected chi connectivity index (χ1v) is 42.1. The van der Waals surface area contributed by atoms with Gasteiger partial charge in [0.05, 0.1) is 31.7 Å². The molecule has 0 radical (unpaired) electrons. The number of nitrogens with zero attached hydrogens (tertiary/aromatic N) is 1. The van der Waals surface area contributed by atoms with E-state index in [9.17, 15) is 0 Å². The first-order valence-electron chi connectivity index (χ1n) is 27.6. The van der Waals surface area contributed by atoms with Crippen LogP contribution in [-0.2, 0) is 14.2 Å². The van der Waals surface area contributed by atoms with Gasteiger partial charge in [-0.05, 0) is 146 Å². The van der Waals surface area contributed by atoms with Gasteiger partial charge in [0.25, 0.3) is 0 Å². The summed E-state index contributed by atoms with van der Waals surface area (Å²) in [6.07, 6.45) is -2.83. The van der Waals surface area contributed by atoms with Crippen molar-refractivity contribution >= 4 is 124 Å². The van der Waals surface area contributed by atoms with Gasteiger partial charge in [-0.15, -0.1) is 0 Å². The summed E-state index contributed by atoms with van der Waals surface area (Å²) in [5.41, 5.74) is 0. The van der Waals surface area contributed by atoms with E-state index < -0.39 is 52.0 Å². The molecule has 0 atom stereocenters. The van der Waals surface area contributed by atoms with E-state index in [1.807, 2.05) is 0 Å². The second kappa shape index (κ2) is 38.1. The van der Waals surface area contributed by atoms with E-state index in [-0.39, 0.29) is 0 Å². The molecule has 0 heterocycles. The SMILES string of the molecule is C[N-]C(O)(O)O.[Cl][Pt]([Cl])[Cl].c1ccc([PH+](c2ccccc2)c2ccccc2)cc1.c1ccc([PH+](c2ccccc2)c2ccccc2)cc1.c1ccc([PH+](c2ccccc2)c2ccccc2)cc1.c1ccc([PH+](c2ccccc2)c2ccccc2)cc1. The molecule has 0 aliphatic carbocycles. The molecule has 0 spiro atoms. The Morgan fingerprint density at radius 1 is 0.221 bits per heavy atom. The van der Waals surface area contributed by atoms with Gasteiger partial charge in [-0.1, -0.05) is 218 Å². The van der Waals surface area contributed by atoms with Gasteiger partial charge >= 0.3 is 42.4 Å². The fourth-order valence-electron chi connectivity index (χ4n) is 9.26. The van der Waals surface area contributed by atoms with Crippen LogP contribution in [0.25, 0.3) is 5.32 Å². The molecule has 12 rings (SSSR count). The smallest absolute Gasteiger partial charge is 0.0620 e. The third kappa shape index (κ3) is 23.1. The minimum atomic E-state index is -2.83. The first-order chi connectivity index (χ1) is 42.1. The van der Waals surface area contributed by atoms with E-state index in [1.165, 1.54) is 63.7 Å². The maximum atomic E-state index is 7.77. The molecule has 12 heteroatoms. The van der Waals surface area contributed by atoms with Crippen LogP contribution in [0.4, 0.5) is 0 Å². The zero-order chi connectivity index (χ0) is 60.4. The Morgan fingerprint density at radius 2 is 0.291 bits per heavy atom. The van der Waals surface area contributed by atoms with Crippen molar-refractivity contribution < 1.29 is 29.5 Å². The predicted octanol–water partition coefficient (Wildman–Crippen LogP) is 13.4. The summed E-state index contributed by atoms with van der Waals surface area (Å²) in [5.74, 6) is 0. The molecule has 0 aromatic heterocycles. The maximum Gasteiger partial charge on any atom is 0.102 e. The van der Waals surface area contributed by atoms with Crippen molar-refractivity contribution in [2.24, 2.45) is 0 Å². The van der Waals surface area contributed by atoms with Crippen LogP contribution in [0.15, 0.2) is 364 Å². The van der Waals surface area contributed by atoms with Gasteiger partial charge in [0.2, 0.25) is 0 Å². The van der Waals surface area contributed by atoms with E-state index >= 15 is 0 Å². The molecule has 0 amide bonds. The molecule has 0 aliphatic heterocycles. The van der Waals surface area contributed by atoms with E-state index in [2.05, 4.69) is 369 Å². The molecule has 12 aromatic carbocycles. The minimum Gasteiger partial charge on any atom is -0.0620 e. The van der Waals surface area contributed by atoms with Crippen LogP contribution < -0.4 is 63.7 Å². The summed E-state index contributed by atoms with van der Waals surface area (Å²) in [6.45, 7) is 0. The Morgan fingerprint density at radius 3 is 0.349 bits per heavy atom. The normalized spacial score (nSPS) is 10.7. The van der Waals surface area contributed by atoms with Gasteiger partial charge in [0.1, 0.15) is 63.7 Å². The second-order valence-electron chi connectivity index (χ2n) is 18.9. The summed E-state index contributed by atoms with van der Waals surface area (Å²) >= 11 is -1.85. The van der Waals surface area contributed by atoms with Crippen molar-refractivity contribution in [3.8, 4) is 0 Å². The van der Waals surface area contributed by atoms with Crippen LogP contribution in [0.3, 0.4) is 0 Å². The van der Waals surface area contributed by atoms with Crippen molar-refractivity contribution in [3.63, 3.8) is 0 Å². The Balaban J connectivity index is 0.000000156. The molecule has 0 bridgehead atoms. The second-order valence-corrected chi connectivity index (χ2v) is 38.6. The van der Waals surface area contributed by atoms with Gasteiger partial charge in [0, 0.05) is 0 Å². The molecule has 437 valence electrons. The topological polar surface area (TPSA) is 74.8 Å². The molecule has 0 unspecified atom stereocenters. The van der Waals surface area contributed by atoms with Crippen molar-refractivity contribution in [3.05, 3.63) is 369 Å². The van der Waals surface area contributed by atoms with Gasteiger partial charge in [-0.3, -0.25) is 0 Å². The molecule has 0 aliphatic rings. The van der Waals surface area contributed by atoms with Gasteiger partial charge in [-0.25, -0.2) is 0 Å². The zero-order valence-corrected chi connectivity index (χ0v) is 55.9. The van der Waals surface area contributed by atoms with Crippen LogP contribution in [0.2, 0.25) is 0 Å². The molecule has 0 saturated heterocycles. The average Bonchev–Trinajstić information content (AvgIpc) is 3.77. The molecule has 12 aromatic rings. The van der Waals surface area contributed by atoms with Crippen LogP contribution in [0, 0.1) is 0 Å². The molecule has 3 N–H and O–H groups in total. The summed E-state index contributed by atoms with van der Waals surface area (Å²) in [6, 6.07) is 130. The van der Waals surface area contributed by atoms with E-state index in [0.717, 1.165) is 7.05 Å². The molecular formula is C74H70Cl3NO3P4Pt+3. The molecule has 4 nitrogen and oxygen atoms in total. The van der Waals surface area contributed by atoms with Crippen LogP contribution in [-0.4, -0.2) is 28.5 Å². The standard InChI is InChI=1S/4C18H15P.C2H6NO3.3ClH.Pt/c4*1-4-10-16(11-5-1)19(17-12-6-2-7-13-17)18-14-8-3-9-15-18;1-3-2(4,5)6;;;;/h4*1-15H;4-6H,1H3;3*1H;/q;;;;-1;;;;+3/p+1. The Hall–Kier alpha value is -6.24. The largest absolute Gasteiger partial charge is 0.102 e. The third-order valence-corrected chi connectivity index (χ3v) is 24.0. The minimum absolute atomic E-state index is 0.877. The van der Waals surface area contributed by atoms with Crippen molar-refractivity contribution in [1.82, 2.24) is 0 Å². The summed E-state index contributed by atoms with van der Waals surface area (Å²) in [4.78, 5) is 0. The number of hydrogen-bond acceptors (Lipinski definition) is 3. The first kappa shape index (κ1) is 67.3. The predicted molar refractivity (Wildman–Crippen MR) is 382 cm³/mol. The number of hydrogen-bond donors (Lipinski definition) is 3. The van der Waals surface area contributed by atoms with E-state index in [1.54, 1.807) is 0 Å². The Bertz CT molecular complexity index is 2790. The van der Waals surface area contributed by atoms with Gasteiger partial charge < -0.3 is 20.6 Å². The number of benzene rings is 12. The van der Waals surface area contributed by atoms with Gasteiger partial charge in [-0.2, -0.15) is 7.05 Å². The van der Waals surface area contributed by atoms with Crippen LogP contribution in [0.1, 0.15) is 0 Å². The molecule has 0 saturated carbocycles. The summed E-state index contributed by atoms with van der Waals surface area (Å²) in [5, 5.41) is 43.2. The van der Waals surface area contributed by atoms with Crippen LogP contribution >= 0.6 is 59.9 Å². The van der Waals surface area contributed by atoms with E-state index in [4.69, 9.17) is 43.6 Å². The van der Waals surface area contributed by atoms with Crippen molar-refractivity contribution in [2.75, 3.05) is 7.05 Å². The summed E-state index contributed by atoms with van der Waals surface area (Å²) < 4.78 is 0. The van der Waals surface area contributed by atoms with E-state index in [0.29, 0.717) is 0 Å². The Labute approximate surface area is 531 Å². The van der Waals surface area contributed by atoms with Crippen molar-refractivity contribution in [1.29, 1.82) is 0 Å². The molecule has 0 fully saturated rings. The number of aliphatic hydroxyl groups is 3. The summed E-state index contributed by atoms with van der Waals surface area (Å²) in [7, 11) is 12.5. The van der Waals surface area contributed by atoms with Gasteiger partial charge in [0.15, 0.2) is 6.10 Å². The zero-order valence-electron chi connectivity index (χ0n) is 47.4. The fraction of sp³-hybridized carbons (Fsp3) is 0.0270. The molecule has 86 heavy (non-hydrogen) atoms. The number of halogens is 3. The fourth-order valence-corrected chi connectivity index (χ4v) is 19.6. The Kier molecular flexibility index (Phi) is 29.8. The van der Waals surface area contributed by atoms with Crippen LogP contribution in [0.5, 0.6) is 0 Å².